The molecule has 1 saturated heterocycles. The molecular formula is C8H15N2O. The maximum atomic E-state index is 11.2. The summed E-state index contributed by atoms with van der Waals surface area (Å²) in [7, 11) is 0. The maximum absolute atomic E-state index is 11.2. The molecule has 0 spiro atoms. The van der Waals surface area contributed by atoms with Gasteiger partial charge in [0.25, 0.3) is 0 Å². The van der Waals surface area contributed by atoms with E-state index in [4.69, 9.17) is 0 Å². The van der Waals surface area contributed by atoms with Crippen molar-refractivity contribution in [2.45, 2.75) is 32.6 Å². The lowest BCUT2D eigenvalue weighted by atomic mass is 10.2. The number of rotatable bonds is 3. The van der Waals surface area contributed by atoms with E-state index in [1.165, 1.54) is 0 Å². The Bertz CT molecular complexity index is 130. The van der Waals surface area contributed by atoms with E-state index in [1.54, 1.807) is 5.01 Å². The molecule has 0 unspecified atom stereocenters. The lowest BCUT2D eigenvalue weighted by Gasteiger charge is -2.12. The van der Waals surface area contributed by atoms with Crippen LogP contribution in [0.4, 0.5) is 0 Å². The largest absolute Gasteiger partial charge is 0.273 e. The minimum absolute atomic E-state index is 0.198. The van der Waals surface area contributed by atoms with E-state index >= 15 is 0 Å². The van der Waals surface area contributed by atoms with E-state index in [0.29, 0.717) is 6.42 Å². The second-order valence-electron chi connectivity index (χ2n) is 2.84. The van der Waals surface area contributed by atoms with E-state index < -0.39 is 0 Å². The summed E-state index contributed by atoms with van der Waals surface area (Å²) in [5, 5.41) is 1.62. The quantitative estimate of drug-likeness (QED) is 0.597. The van der Waals surface area contributed by atoms with Gasteiger partial charge in [-0.05, 0) is 12.8 Å². The zero-order valence-electron chi connectivity index (χ0n) is 7.05. The zero-order valence-corrected chi connectivity index (χ0v) is 7.05. The Kier molecular flexibility index (Phi) is 3.36. The first-order chi connectivity index (χ1) is 5.34. The third kappa shape index (κ3) is 2.50. The monoisotopic (exact) mass is 155 g/mol. The maximum Gasteiger partial charge on any atom is 0.238 e. The van der Waals surface area contributed by atoms with Crippen LogP contribution < -0.4 is 5.43 Å². The Balaban J connectivity index is 2.17. The average molecular weight is 155 g/mol. The van der Waals surface area contributed by atoms with E-state index in [9.17, 15) is 4.79 Å². The Hall–Kier alpha value is -0.570. The third-order valence-corrected chi connectivity index (χ3v) is 1.83. The fourth-order valence-corrected chi connectivity index (χ4v) is 1.14. The predicted molar refractivity (Wildman–Crippen MR) is 42.9 cm³/mol. The molecule has 63 valence electrons. The average Bonchev–Trinajstić information content (AvgIpc) is 2.52. The standard InChI is InChI=1S/C8H15N2O/c1-2-3-5-8(11)10-7-4-6-9-10/h2-7H2,1H3. The molecule has 0 bridgehead atoms. The highest BCUT2D eigenvalue weighted by Crippen LogP contribution is 2.04. The summed E-state index contributed by atoms with van der Waals surface area (Å²) < 4.78 is 0. The fourth-order valence-electron chi connectivity index (χ4n) is 1.14. The minimum Gasteiger partial charge on any atom is -0.273 e. The van der Waals surface area contributed by atoms with Gasteiger partial charge in [0.1, 0.15) is 0 Å². The van der Waals surface area contributed by atoms with Gasteiger partial charge in [-0.3, -0.25) is 9.80 Å². The first kappa shape index (κ1) is 8.53. The lowest BCUT2D eigenvalue weighted by Crippen LogP contribution is -2.31. The van der Waals surface area contributed by atoms with Crippen molar-refractivity contribution >= 4 is 5.91 Å². The van der Waals surface area contributed by atoms with Crippen molar-refractivity contribution in [2.75, 3.05) is 13.1 Å². The number of carbonyl (C=O) groups excluding carboxylic acids is 1. The zero-order chi connectivity index (χ0) is 8.10. The fraction of sp³-hybridized carbons (Fsp3) is 0.875. The van der Waals surface area contributed by atoms with Crippen LogP contribution in [0, 0.1) is 0 Å². The number of amides is 1. The second kappa shape index (κ2) is 4.34. The van der Waals surface area contributed by atoms with E-state index in [2.05, 4.69) is 12.3 Å². The molecule has 0 aliphatic carbocycles. The van der Waals surface area contributed by atoms with Gasteiger partial charge in [-0.25, -0.2) is 0 Å². The van der Waals surface area contributed by atoms with Crippen LogP contribution in [0.5, 0.6) is 0 Å². The van der Waals surface area contributed by atoms with Crippen LogP contribution in [0.15, 0.2) is 0 Å². The number of nitrogens with zero attached hydrogens (tertiary/aromatic N) is 2. The molecular weight excluding hydrogens is 140 g/mol. The van der Waals surface area contributed by atoms with Crippen LogP contribution in [0.2, 0.25) is 0 Å². The molecule has 3 heteroatoms. The van der Waals surface area contributed by atoms with Gasteiger partial charge in [0, 0.05) is 19.5 Å². The lowest BCUT2D eigenvalue weighted by molar-refractivity contribution is -0.133. The molecule has 1 heterocycles. The summed E-state index contributed by atoms with van der Waals surface area (Å²) in [5.41, 5.74) is 4.07. The van der Waals surface area contributed by atoms with Gasteiger partial charge in [0.15, 0.2) is 0 Å². The highest BCUT2D eigenvalue weighted by molar-refractivity contribution is 5.75. The summed E-state index contributed by atoms with van der Waals surface area (Å²) >= 11 is 0. The molecule has 1 aliphatic heterocycles. The Labute approximate surface area is 67.7 Å². The first-order valence-electron chi connectivity index (χ1n) is 4.32. The Morgan fingerprint density at radius 3 is 3.00 bits per heavy atom. The molecule has 0 aromatic carbocycles. The van der Waals surface area contributed by atoms with E-state index in [0.717, 1.165) is 32.4 Å². The Morgan fingerprint density at radius 1 is 1.64 bits per heavy atom. The van der Waals surface area contributed by atoms with Crippen molar-refractivity contribution in [2.24, 2.45) is 0 Å². The predicted octanol–water partition coefficient (Wildman–Crippen LogP) is 0.928. The van der Waals surface area contributed by atoms with Crippen LogP contribution in [0.25, 0.3) is 0 Å². The summed E-state index contributed by atoms with van der Waals surface area (Å²) in [4.78, 5) is 11.2. The van der Waals surface area contributed by atoms with E-state index in [-0.39, 0.29) is 5.91 Å². The molecule has 0 aromatic rings. The normalized spacial score (nSPS) is 17.4. The molecule has 0 saturated carbocycles. The van der Waals surface area contributed by atoms with Crippen LogP contribution in [-0.2, 0) is 4.79 Å². The van der Waals surface area contributed by atoms with Gasteiger partial charge in [0.05, 0.1) is 0 Å². The number of hydrogen-bond acceptors (Lipinski definition) is 1. The second-order valence-corrected chi connectivity index (χ2v) is 2.84. The number of carbonyl (C=O) groups is 1. The van der Waals surface area contributed by atoms with Gasteiger partial charge in [-0.2, -0.15) is 0 Å². The highest BCUT2D eigenvalue weighted by Gasteiger charge is 2.17. The third-order valence-electron chi connectivity index (χ3n) is 1.83. The van der Waals surface area contributed by atoms with Crippen molar-refractivity contribution in [3.63, 3.8) is 0 Å². The van der Waals surface area contributed by atoms with Crippen LogP contribution >= 0.6 is 0 Å². The van der Waals surface area contributed by atoms with Crippen molar-refractivity contribution in [1.82, 2.24) is 10.4 Å². The molecule has 0 atom stereocenters. The first-order valence-corrected chi connectivity index (χ1v) is 4.32. The molecule has 3 nitrogen and oxygen atoms in total. The van der Waals surface area contributed by atoms with Gasteiger partial charge in [-0.15, -0.1) is 5.43 Å². The van der Waals surface area contributed by atoms with Crippen LogP contribution in [0.3, 0.4) is 0 Å². The molecule has 1 rings (SSSR count). The van der Waals surface area contributed by atoms with Gasteiger partial charge in [0.2, 0.25) is 5.91 Å². The molecule has 1 fully saturated rings. The van der Waals surface area contributed by atoms with Crippen LogP contribution in [0.1, 0.15) is 32.6 Å². The molecule has 1 radical (unpaired) electrons. The summed E-state index contributed by atoms with van der Waals surface area (Å²) in [6, 6.07) is 0. The topological polar surface area (TPSA) is 34.4 Å². The molecule has 0 N–H and O–H groups in total. The smallest absolute Gasteiger partial charge is 0.238 e. The van der Waals surface area contributed by atoms with Crippen molar-refractivity contribution in [1.29, 1.82) is 0 Å². The molecule has 1 amide bonds. The van der Waals surface area contributed by atoms with Gasteiger partial charge >= 0.3 is 0 Å². The van der Waals surface area contributed by atoms with Crippen molar-refractivity contribution in [3.8, 4) is 0 Å². The van der Waals surface area contributed by atoms with Gasteiger partial charge in [-0.1, -0.05) is 13.3 Å². The summed E-state index contributed by atoms with van der Waals surface area (Å²) in [6.45, 7) is 3.76. The molecule has 0 aromatic heterocycles. The number of hydrogen-bond donors (Lipinski definition) is 0. The molecule has 1 aliphatic rings. The van der Waals surface area contributed by atoms with Crippen molar-refractivity contribution < 1.29 is 4.79 Å². The number of unbranched alkanes of at least 4 members (excludes halogenated alkanes) is 1. The Morgan fingerprint density at radius 2 is 2.45 bits per heavy atom. The summed E-state index contributed by atoms with van der Waals surface area (Å²) in [6.07, 6.45) is 3.78. The minimum atomic E-state index is 0.198. The SMILES string of the molecule is CCCCC(=O)N1CCC[N]1. The van der Waals surface area contributed by atoms with Crippen molar-refractivity contribution in [3.05, 3.63) is 0 Å². The highest BCUT2D eigenvalue weighted by atomic mass is 16.2. The van der Waals surface area contributed by atoms with Crippen LogP contribution in [-0.4, -0.2) is 24.0 Å². The summed E-state index contributed by atoms with van der Waals surface area (Å²) in [5.74, 6) is 0.198. The molecule has 11 heavy (non-hydrogen) atoms. The van der Waals surface area contributed by atoms with E-state index in [1.807, 2.05) is 0 Å². The van der Waals surface area contributed by atoms with Gasteiger partial charge < -0.3 is 0 Å².